The van der Waals surface area contributed by atoms with Crippen molar-refractivity contribution >= 4 is 18.4 Å². The van der Waals surface area contributed by atoms with Gasteiger partial charge in [0.1, 0.15) is 6.04 Å². The molecule has 0 aliphatic heterocycles. The second-order valence-corrected chi connectivity index (χ2v) is 3.82. The molecular weight excluding hydrogens is 238 g/mol. The summed E-state index contributed by atoms with van der Waals surface area (Å²) in [6.45, 7) is 2.52. The van der Waals surface area contributed by atoms with Crippen LogP contribution in [-0.2, 0) is 16.0 Å². The third kappa shape index (κ3) is 6.29. The third-order valence-electron chi connectivity index (χ3n) is 2.34. The van der Waals surface area contributed by atoms with Crippen molar-refractivity contribution in [2.24, 2.45) is 5.73 Å². The summed E-state index contributed by atoms with van der Waals surface area (Å²) >= 11 is 0. The average molecular weight is 258 g/mol. The van der Waals surface area contributed by atoms with Gasteiger partial charge in [0.25, 0.3) is 0 Å². The van der Waals surface area contributed by atoms with Gasteiger partial charge in [-0.1, -0.05) is 43.7 Å². The van der Waals surface area contributed by atoms with E-state index < -0.39 is 6.04 Å². The van der Waals surface area contributed by atoms with E-state index in [0.717, 1.165) is 18.4 Å². The molecule has 17 heavy (non-hydrogen) atoms. The minimum absolute atomic E-state index is 0. The van der Waals surface area contributed by atoms with Crippen LogP contribution in [0.5, 0.6) is 0 Å². The van der Waals surface area contributed by atoms with E-state index >= 15 is 0 Å². The molecular formula is C13H20ClNO2. The minimum atomic E-state index is -0.556. The van der Waals surface area contributed by atoms with Gasteiger partial charge in [0.05, 0.1) is 6.61 Å². The Morgan fingerprint density at radius 1 is 1.35 bits per heavy atom. The number of carbonyl (C=O) groups is 1. The van der Waals surface area contributed by atoms with E-state index in [4.69, 9.17) is 10.5 Å². The van der Waals surface area contributed by atoms with Gasteiger partial charge in [-0.3, -0.25) is 4.79 Å². The molecule has 0 saturated carbocycles. The maximum Gasteiger partial charge on any atom is 0.323 e. The Labute approximate surface area is 109 Å². The number of nitrogens with two attached hydrogens (primary N) is 1. The first-order valence-corrected chi connectivity index (χ1v) is 5.70. The molecule has 0 aromatic heterocycles. The highest BCUT2D eigenvalue weighted by molar-refractivity contribution is 5.85. The molecule has 0 radical (unpaired) electrons. The van der Waals surface area contributed by atoms with E-state index in [0.29, 0.717) is 13.0 Å². The molecule has 0 heterocycles. The van der Waals surface area contributed by atoms with E-state index in [1.165, 1.54) is 0 Å². The Balaban J connectivity index is 0.00000256. The predicted octanol–water partition coefficient (Wildman–Crippen LogP) is 2.32. The molecule has 1 rings (SSSR count). The minimum Gasteiger partial charge on any atom is -0.465 e. The molecule has 96 valence electrons. The highest BCUT2D eigenvalue weighted by Crippen LogP contribution is 2.03. The van der Waals surface area contributed by atoms with Crippen molar-refractivity contribution in [2.45, 2.75) is 32.2 Å². The van der Waals surface area contributed by atoms with E-state index in [1.54, 1.807) is 0 Å². The number of benzene rings is 1. The fourth-order valence-electron chi connectivity index (χ4n) is 1.38. The lowest BCUT2D eigenvalue weighted by molar-refractivity contribution is -0.145. The quantitative estimate of drug-likeness (QED) is 0.629. The highest BCUT2D eigenvalue weighted by atomic mass is 35.5. The van der Waals surface area contributed by atoms with E-state index in [-0.39, 0.29) is 18.4 Å². The summed E-state index contributed by atoms with van der Waals surface area (Å²) in [6.07, 6.45) is 2.44. The summed E-state index contributed by atoms with van der Waals surface area (Å²) in [6, 6.07) is 9.17. The largest absolute Gasteiger partial charge is 0.465 e. The Bertz CT molecular complexity index is 316. The third-order valence-corrected chi connectivity index (χ3v) is 2.34. The maximum absolute atomic E-state index is 11.5. The molecule has 0 saturated heterocycles. The van der Waals surface area contributed by atoms with Gasteiger partial charge in [-0.15, -0.1) is 12.4 Å². The normalized spacial score (nSPS) is 11.4. The Kier molecular flexibility index (Phi) is 8.46. The van der Waals surface area contributed by atoms with E-state index in [2.05, 4.69) is 6.92 Å². The number of unbranched alkanes of at least 4 members (excludes halogenated alkanes) is 1. The molecule has 1 atom stereocenters. The second kappa shape index (κ2) is 9.02. The van der Waals surface area contributed by atoms with Crippen LogP contribution in [0, 0.1) is 0 Å². The molecule has 0 fully saturated rings. The zero-order valence-electron chi connectivity index (χ0n) is 10.1. The van der Waals surface area contributed by atoms with Gasteiger partial charge in [-0.25, -0.2) is 0 Å². The van der Waals surface area contributed by atoms with Crippen molar-refractivity contribution in [2.75, 3.05) is 6.61 Å². The van der Waals surface area contributed by atoms with E-state index in [9.17, 15) is 4.79 Å². The SMILES string of the molecule is CCCCOC(=O)[C@@H](N)Cc1ccccc1.Cl. The number of rotatable bonds is 6. The zero-order valence-corrected chi connectivity index (χ0v) is 10.9. The van der Waals surface area contributed by atoms with Crippen LogP contribution >= 0.6 is 12.4 Å². The fourth-order valence-corrected chi connectivity index (χ4v) is 1.38. The van der Waals surface area contributed by atoms with Crippen LogP contribution in [-0.4, -0.2) is 18.6 Å². The van der Waals surface area contributed by atoms with Gasteiger partial charge in [0.15, 0.2) is 0 Å². The second-order valence-electron chi connectivity index (χ2n) is 3.82. The first-order chi connectivity index (χ1) is 7.74. The van der Waals surface area contributed by atoms with Gasteiger partial charge < -0.3 is 10.5 Å². The smallest absolute Gasteiger partial charge is 0.323 e. The molecule has 0 amide bonds. The van der Waals surface area contributed by atoms with Crippen molar-refractivity contribution < 1.29 is 9.53 Å². The van der Waals surface area contributed by atoms with Crippen molar-refractivity contribution in [3.63, 3.8) is 0 Å². The van der Waals surface area contributed by atoms with Gasteiger partial charge in [0.2, 0.25) is 0 Å². The number of carbonyl (C=O) groups excluding carboxylic acids is 1. The van der Waals surface area contributed by atoms with E-state index in [1.807, 2.05) is 30.3 Å². The molecule has 0 bridgehead atoms. The summed E-state index contributed by atoms with van der Waals surface area (Å²) in [4.78, 5) is 11.5. The molecule has 0 spiro atoms. The average Bonchev–Trinajstić information content (AvgIpc) is 2.30. The standard InChI is InChI=1S/C13H19NO2.ClH/c1-2-3-9-16-13(15)12(14)10-11-7-5-4-6-8-11;/h4-8,12H,2-3,9-10,14H2,1H3;1H/t12-;/m0./s1. The zero-order chi connectivity index (χ0) is 11.8. The lowest BCUT2D eigenvalue weighted by Gasteiger charge is -2.11. The molecule has 0 aliphatic rings. The van der Waals surface area contributed by atoms with Crippen molar-refractivity contribution in [3.05, 3.63) is 35.9 Å². The van der Waals surface area contributed by atoms with Crippen molar-refractivity contribution in [1.29, 1.82) is 0 Å². The van der Waals surface area contributed by atoms with Crippen LogP contribution in [0.2, 0.25) is 0 Å². The summed E-state index contributed by atoms with van der Waals surface area (Å²) in [5.74, 6) is -0.308. The van der Waals surface area contributed by atoms with Crippen LogP contribution in [0.25, 0.3) is 0 Å². The van der Waals surface area contributed by atoms with Gasteiger partial charge in [0, 0.05) is 0 Å². The molecule has 1 aromatic carbocycles. The lowest BCUT2D eigenvalue weighted by atomic mass is 10.1. The highest BCUT2D eigenvalue weighted by Gasteiger charge is 2.14. The number of esters is 1. The van der Waals surface area contributed by atoms with Gasteiger partial charge >= 0.3 is 5.97 Å². The van der Waals surface area contributed by atoms with Crippen LogP contribution in [0.4, 0.5) is 0 Å². The fraction of sp³-hybridized carbons (Fsp3) is 0.462. The topological polar surface area (TPSA) is 52.3 Å². The van der Waals surface area contributed by atoms with Crippen LogP contribution < -0.4 is 5.73 Å². The van der Waals surface area contributed by atoms with Gasteiger partial charge in [-0.2, -0.15) is 0 Å². The van der Waals surface area contributed by atoms with Crippen LogP contribution in [0.15, 0.2) is 30.3 Å². The Morgan fingerprint density at radius 3 is 2.59 bits per heavy atom. The van der Waals surface area contributed by atoms with Crippen LogP contribution in [0.3, 0.4) is 0 Å². The Hall–Kier alpha value is -1.06. The molecule has 2 N–H and O–H groups in total. The summed E-state index contributed by atoms with van der Waals surface area (Å²) in [5, 5.41) is 0. The molecule has 4 heteroatoms. The first-order valence-electron chi connectivity index (χ1n) is 5.70. The summed E-state index contributed by atoms with van der Waals surface area (Å²) in [5.41, 5.74) is 6.81. The summed E-state index contributed by atoms with van der Waals surface area (Å²) in [7, 11) is 0. The number of hydrogen-bond acceptors (Lipinski definition) is 3. The molecule has 0 aliphatic carbocycles. The lowest BCUT2D eigenvalue weighted by Crippen LogP contribution is -2.34. The number of ether oxygens (including phenoxy) is 1. The first kappa shape index (κ1) is 15.9. The van der Waals surface area contributed by atoms with Gasteiger partial charge in [-0.05, 0) is 18.4 Å². The molecule has 3 nitrogen and oxygen atoms in total. The van der Waals surface area contributed by atoms with Crippen molar-refractivity contribution in [1.82, 2.24) is 0 Å². The van der Waals surface area contributed by atoms with Crippen molar-refractivity contribution in [3.8, 4) is 0 Å². The molecule has 0 unspecified atom stereocenters. The number of hydrogen-bond donors (Lipinski definition) is 1. The Morgan fingerprint density at radius 2 is 2.00 bits per heavy atom. The maximum atomic E-state index is 11.5. The summed E-state index contributed by atoms with van der Waals surface area (Å²) < 4.78 is 5.05. The molecule has 1 aromatic rings. The van der Waals surface area contributed by atoms with Crippen LogP contribution in [0.1, 0.15) is 25.3 Å². The number of halogens is 1. The predicted molar refractivity (Wildman–Crippen MR) is 71.2 cm³/mol. The monoisotopic (exact) mass is 257 g/mol.